The summed E-state index contributed by atoms with van der Waals surface area (Å²) in [5.41, 5.74) is 4.93. The Labute approximate surface area is 193 Å². The summed E-state index contributed by atoms with van der Waals surface area (Å²) in [6.45, 7) is 0. The molecule has 1 aliphatic carbocycles. The minimum Gasteiger partial charge on any atom is -0.456 e. The molecule has 0 radical (unpaired) electrons. The van der Waals surface area contributed by atoms with Crippen LogP contribution in [0, 0.1) is 0 Å². The molecule has 0 amide bonds. The molecule has 0 saturated carbocycles. The number of hydrogen-bond acceptors (Lipinski definition) is 4. The van der Waals surface area contributed by atoms with Crippen LogP contribution in [0.1, 0.15) is 17.7 Å². The number of hydrogen-bond donors (Lipinski definition) is 0. The topological polar surface area (TPSA) is 51.8 Å². The van der Waals surface area contributed by atoms with Crippen LogP contribution in [0.4, 0.5) is 0 Å². The lowest BCUT2D eigenvalue weighted by atomic mass is 10.0. The van der Waals surface area contributed by atoms with E-state index in [-0.39, 0.29) is 0 Å². The fraction of sp³-hybridized carbons (Fsp3) is 0.0741. The second-order valence-electron chi connectivity index (χ2n) is 7.78. The van der Waals surface area contributed by atoms with Crippen LogP contribution in [0.2, 0.25) is 0 Å². The zero-order chi connectivity index (χ0) is 21.5. The lowest BCUT2D eigenvalue weighted by Gasteiger charge is -2.08. The van der Waals surface area contributed by atoms with E-state index >= 15 is 0 Å². The van der Waals surface area contributed by atoms with Crippen LogP contribution in [0.3, 0.4) is 0 Å². The molecule has 1 aliphatic rings. The molecule has 4 nitrogen and oxygen atoms in total. The lowest BCUT2D eigenvalue weighted by molar-refractivity contribution is 0.595. The molecule has 3 aromatic carbocycles. The van der Waals surface area contributed by atoms with Crippen molar-refractivity contribution in [3.63, 3.8) is 0 Å². The third-order valence-electron chi connectivity index (χ3n) is 5.66. The largest absolute Gasteiger partial charge is 0.456 e. The highest BCUT2D eigenvalue weighted by molar-refractivity contribution is 9.10. The van der Waals surface area contributed by atoms with Gasteiger partial charge in [0.15, 0.2) is 17.5 Å². The van der Waals surface area contributed by atoms with E-state index in [9.17, 15) is 0 Å². The van der Waals surface area contributed by atoms with Gasteiger partial charge in [-0.1, -0.05) is 76.6 Å². The summed E-state index contributed by atoms with van der Waals surface area (Å²) in [7, 11) is 0. The standard InChI is InChI=1S/C27H18BrN3O/c28-20-10-6-9-18(15-20)26-29-25(17-7-2-1-3-8-17)30-27(31-26)19-13-14-22-21-11-4-5-12-23(21)32-24(22)16-19/h1-3,5-10,12-16H,4,11H2. The van der Waals surface area contributed by atoms with E-state index in [4.69, 9.17) is 19.4 Å². The first-order chi connectivity index (χ1) is 15.7. The molecule has 0 N–H and O–H groups in total. The maximum absolute atomic E-state index is 6.13. The first-order valence-electron chi connectivity index (χ1n) is 10.5. The van der Waals surface area contributed by atoms with E-state index in [0.29, 0.717) is 17.5 Å². The number of aryl methyl sites for hydroxylation is 1. The fourth-order valence-electron chi connectivity index (χ4n) is 4.10. The van der Waals surface area contributed by atoms with Crippen molar-refractivity contribution in [1.29, 1.82) is 0 Å². The predicted octanol–water partition coefficient (Wildman–Crippen LogP) is 7.34. The Kier molecular flexibility index (Phi) is 4.69. The van der Waals surface area contributed by atoms with Crippen molar-refractivity contribution >= 4 is 33.0 Å². The molecule has 0 spiro atoms. The molecule has 154 valence electrons. The molecule has 0 unspecified atom stereocenters. The van der Waals surface area contributed by atoms with Gasteiger partial charge in [0, 0.05) is 32.1 Å². The van der Waals surface area contributed by atoms with Crippen LogP contribution < -0.4 is 0 Å². The highest BCUT2D eigenvalue weighted by Crippen LogP contribution is 2.34. The highest BCUT2D eigenvalue weighted by atomic mass is 79.9. The summed E-state index contributed by atoms with van der Waals surface area (Å²) in [6, 6.07) is 24.2. The molecule has 32 heavy (non-hydrogen) atoms. The van der Waals surface area contributed by atoms with Gasteiger partial charge in [-0.2, -0.15) is 0 Å². The average molecular weight is 480 g/mol. The minimum absolute atomic E-state index is 0.626. The van der Waals surface area contributed by atoms with E-state index in [1.807, 2.05) is 60.7 Å². The van der Waals surface area contributed by atoms with Crippen molar-refractivity contribution in [3.05, 3.63) is 94.7 Å². The van der Waals surface area contributed by atoms with Crippen molar-refractivity contribution in [2.45, 2.75) is 12.8 Å². The number of nitrogens with zero attached hydrogens (tertiary/aromatic N) is 3. The molecular formula is C27H18BrN3O. The van der Waals surface area contributed by atoms with Crippen molar-refractivity contribution in [2.24, 2.45) is 0 Å². The number of halogens is 1. The highest BCUT2D eigenvalue weighted by Gasteiger charge is 2.17. The maximum Gasteiger partial charge on any atom is 0.164 e. The second kappa shape index (κ2) is 7.84. The maximum atomic E-state index is 6.13. The Morgan fingerprint density at radius 2 is 1.44 bits per heavy atom. The Balaban J connectivity index is 1.53. The Morgan fingerprint density at radius 3 is 2.22 bits per heavy atom. The number of aromatic nitrogens is 3. The molecule has 2 aromatic heterocycles. The van der Waals surface area contributed by atoms with Crippen LogP contribution in [0.5, 0.6) is 0 Å². The van der Waals surface area contributed by atoms with Gasteiger partial charge in [0.05, 0.1) is 0 Å². The number of furan rings is 1. The molecule has 0 saturated heterocycles. The number of benzene rings is 3. The summed E-state index contributed by atoms with van der Waals surface area (Å²) in [6.07, 6.45) is 6.29. The fourth-order valence-corrected chi connectivity index (χ4v) is 4.50. The van der Waals surface area contributed by atoms with Crippen LogP contribution in [0.15, 0.2) is 87.8 Å². The normalized spacial score (nSPS) is 12.8. The molecule has 0 fully saturated rings. The first kappa shape index (κ1) is 19.1. The zero-order valence-electron chi connectivity index (χ0n) is 17.1. The average Bonchev–Trinajstić information content (AvgIpc) is 3.22. The van der Waals surface area contributed by atoms with E-state index in [0.717, 1.165) is 50.7 Å². The van der Waals surface area contributed by atoms with E-state index in [1.54, 1.807) is 0 Å². The van der Waals surface area contributed by atoms with Gasteiger partial charge in [0.25, 0.3) is 0 Å². The smallest absolute Gasteiger partial charge is 0.164 e. The van der Waals surface area contributed by atoms with E-state index in [1.165, 1.54) is 5.56 Å². The van der Waals surface area contributed by atoms with Gasteiger partial charge in [0.2, 0.25) is 0 Å². The molecule has 5 heteroatoms. The van der Waals surface area contributed by atoms with Crippen molar-refractivity contribution in [1.82, 2.24) is 15.0 Å². The number of allylic oxidation sites excluding steroid dienone is 1. The van der Waals surface area contributed by atoms with Crippen LogP contribution in [0.25, 0.3) is 51.2 Å². The lowest BCUT2D eigenvalue weighted by Crippen LogP contribution is -2.00. The molecule has 2 heterocycles. The number of fused-ring (bicyclic) bond motifs is 3. The van der Waals surface area contributed by atoms with Crippen LogP contribution in [-0.4, -0.2) is 15.0 Å². The summed E-state index contributed by atoms with van der Waals surface area (Å²) in [4.78, 5) is 14.4. The Morgan fingerprint density at radius 1 is 0.719 bits per heavy atom. The monoisotopic (exact) mass is 479 g/mol. The predicted molar refractivity (Wildman–Crippen MR) is 131 cm³/mol. The summed E-state index contributed by atoms with van der Waals surface area (Å²) in [5.74, 6) is 2.86. The second-order valence-corrected chi connectivity index (χ2v) is 8.70. The van der Waals surface area contributed by atoms with Gasteiger partial charge in [-0.05, 0) is 37.1 Å². The third kappa shape index (κ3) is 3.45. The summed E-state index contributed by atoms with van der Waals surface area (Å²) >= 11 is 3.55. The summed E-state index contributed by atoms with van der Waals surface area (Å²) in [5, 5.41) is 1.16. The molecule has 0 atom stereocenters. The molecular weight excluding hydrogens is 462 g/mol. The van der Waals surface area contributed by atoms with Crippen molar-refractivity contribution < 1.29 is 4.42 Å². The van der Waals surface area contributed by atoms with E-state index in [2.05, 4.69) is 40.2 Å². The quantitative estimate of drug-likeness (QED) is 0.271. The zero-order valence-corrected chi connectivity index (χ0v) is 18.7. The van der Waals surface area contributed by atoms with Gasteiger partial charge in [-0.25, -0.2) is 15.0 Å². The molecule has 6 rings (SSSR count). The van der Waals surface area contributed by atoms with Gasteiger partial charge >= 0.3 is 0 Å². The molecule has 0 bridgehead atoms. The van der Waals surface area contributed by atoms with E-state index < -0.39 is 0 Å². The van der Waals surface area contributed by atoms with Crippen LogP contribution in [-0.2, 0) is 6.42 Å². The molecule has 0 aliphatic heterocycles. The van der Waals surface area contributed by atoms with Gasteiger partial charge in [-0.3, -0.25) is 0 Å². The summed E-state index contributed by atoms with van der Waals surface area (Å²) < 4.78 is 7.11. The third-order valence-corrected chi connectivity index (χ3v) is 6.16. The van der Waals surface area contributed by atoms with Gasteiger partial charge < -0.3 is 4.42 Å². The minimum atomic E-state index is 0.626. The Hall–Kier alpha value is -3.57. The first-order valence-corrected chi connectivity index (χ1v) is 11.3. The van der Waals surface area contributed by atoms with Crippen molar-refractivity contribution in [3.8, 4) is 34.2 Å². The number of rotatable bonds is 3. The SMILES string of the molecule is Brc1cccc(-c2nc(-c3ccccc3)nc(-c3ccc4c5c(oc4c3)C=CCC5)n2)c1. The van der Waals surface area contributed by atoms with Crippen molar-refractivity contribution in [2.75, 3.05) is 0 Å². The van der Waals surface area contributed by atoms with Gasteiger partial charge in [-0.15, -0.1) is 0 Å². The Bertz CT molecular complexity index is 1490. The molecule has 5 aromatic rings. The van der Waals surface area contributed by atoms with Crippen LogP contribution >= 0.6 is 15.9 Å². The van der Waals surface area contributed by atoms with Gasteiger partial charge in [0.1, 0.15) is 11.3 Å².